The van der Waals surface area contributed by atoms with Gasteiger partial charge in [-0.1, -0.05) is 48.6 Å². The van der Waals surface area contributed by atoms with Crippen molar-refractivity contribution in [2.45, 2.75) is 61.7 Å². The topological polar surface area (TPSA) is 73.2 Å². The van der Waals surface area contributed by atoms with Crippen molar-refractivity contribution >= 4 is 5.91 Å². The van der Waals surface area contributed by atoms with Crippen LogP contribution >= 0.6 is 0 Å². The molecule has 6 nitrogen and oxygen atoms in total. The number of likely N-dealkylation sites (tertiary alicyclic amines) is 1. The largest absolute Gasteiger partial charge is 0.504 e. The van der Waals surface area contributed by atoms with Crippen molar-refractivity contribution in [2.24, 2.45) is 17.3 Å². The molecule has 4 bridgehead atoms. The first-order chi connectivity index (χ1) is 18.4. The van der Waals surface area contributed by atoms with E-state index in [1.165, 1.54) is 24.0 Å². The number of phenols is 1. The van der Waals surface area contributed by atoms with Gasteiger partial charge in [0.25, 0.3) is 0 Å². The van der Waals surface area contributed by atoms with E-state index in [0.717, 1.165) is 43.8 Å². The molecule has 1 amide bonds. The quantitative estimate of drug-likeness (QED) is 0.581. The Kier molecular flexibility index (Phi) is 4.64. The minimum atomic E-state index is -1.41. The highest BCUT2D eigenvalue weighted by atomic mass is 16.5. The summed E-state index contributed by atoms with van der Waals surface area (Å²) in [5, 5.41) is 23.3. The molecule has 9 rings (SSSR count). The number of carbonyl (C=O) groups excluding carboxylic acids is 1. The van der Waals surface area contributed by atoms with Gasteiger partial charge in [0.1, 0.15) is 11.7 Å². The first-order valence-electron chi connectivity index (χ1n) is 14.3. The third-order valence-electron chi connectivity index (χ3n) is 11.0. The maximum Gasteiger partial charge on any atom is 0.228 e. The van der Waals surface area contributed by atoms with Crippen LogP contribution < -0.4 is 4.74 Å². The van der Waals surface area contributed by atoms with E-state index in [1.54, 1.807) is 11.0 Å². The predicted molar refractivity (Wildman–Crippen MR) is 143 cm³/mol. The summed E-state index contributed by atoms with van der Waals surface area (Å²) in [5.74, 6) is 0.879. The van der Waals surface area contributed by atoms with Gasteiger partial charge in [0.15, 0.2) is 11.5 Å². The molecule has 2 aliphatic heterocycles. The van der Waals surface area contributed by atoms with Gasteiger partial charge in [-0.05, 0) is 68.2 Å². The zero-order valence-corrected chi connectivity index (χ0v) is 22.0. The van der Waals surface area contributed by atoms with Crippen LogP contribution in [0.1, 0.15) is 42.4 Å². The molecule has 2 unspecified atom stereocenters. The number of phenolic OH excluding ortho intramolecular Hbond substituents is 1. The predicted octanol–water partition coefficient (Wildman–Crippen LogP) is 3.44. The van der Waals surface area contributed by atoms with Crippen LogP contribution in [0.25, 0.3) is 0 Å². The molecule has 2 aromatic carbocycles. The van der Waals surface area contributed by atoms with E-state index in [2.05, 4.69) is 29.2 Å². The second-order valence-electron chi connectivity index (χ2n) is 12.8. The van der Waals surface area contributed by atoms with Gasteiger partial charge in [0.05, 0.1) is 11.3 Å². The van der Waals surface area contributed by atoms with Gasteiger partial charge in [-0.15, -0.1) is 0 Å². The van der Waals surface area contributed by atoms with E-state index in [9.17, 15) is 15.0 Å². The van der Waals surface area contributed by atoms with Gasteiger partial charge in [0, 0.05) is 37.2 Å². The molecule has 7 aliphatic rings. The summed E-state index contributed by atoms with van der Waals surface area (Å²) in [6.45, 7) is 2.68. The molecule has 2 N–H and O–H groups in total. The third kappa shape index (κ3) is 2.78. The Hall–Kier alpha value is -2.83. The zero-order valence-electron chi connectivity index (χ0n) is 22.0. The van der Waals surface area contributed by atoms with E-state index in [-0.39, 0.29) is 23.1 Å². The molecule has 2 aromatic rings. The first-order valence-corrected chi connectivity index (χ1v) is 14.3. The van der Waals surface area contributed by atoms with Crippen molar-refractivity contribution in [1.82, 2.24) is 9.80 Å². The average Bonchev–Trinajstić information content (AvgIpc) is 3.67. The van der Waals surface area contributed by atoms with Crippen LogP contribution in [0.2, 0.25) is 0 Å². The van der Waals surface area contributed by atoms with E-state index >= 15 is 0 Å². The number of rotatable bonds is 6. The Morgan fingerprint density at radius 3 is 2.76 bits per heavy atom. The highest BCUT2D eigenvalue weighted by Gasteiger charge is 2.79. The van der Waals surface area contributed by atoms with Crippen LogP contribution in [0.4, 0.5) is 0 Å². The SMILES string of the molecule is CN(CCc1ccccc1)C(=O)[C@H]1C[C@@]23C=CC1(O)C1Oc4c(O)ccc5c4[C@@]12CCN(CC1CC1)[C@H]3C5. The second-order valence-corrected chi connectivity index (χ2v) is 12.8. The highest BCUT2D eigenvalue weighted by Crippen LogP contribution is 2.74. The molecular formula is C32H36N2O4. The molecular weight excluding hydrogens is 476 g/mol. The number of benzene rings is 2. The minimum Gasteiger partial charge on any atom is -0.504 e. The molecule has 1 saturated heterocycles. The lowest BCUT2D eigenvalue weighted by Gasteiger charge is -2.70. The zero-order chi connectivity index (χ0) is 25.9. The van der Waals surface area contributed by atoms with E-state index < -0.39 is 23.0 Å². The van der Waals surface area contributed by atoms with Crippen molar-refractivity contribution in [1.29, 1.82) is 0 Å². The average molecular weight is 513 g/mol. The Bertz CT molecular complexity index is 1350. The summed E-state index contributed by atoms with van der Waals surface area (Å²) in [5.41, 5.74) is 1.41. The molecule has 198 valence electrons. The summed E-state index contributed by atoms with van der Waals surface area (Å²) in [7, 11) is 1.86. The molecule has 2 heterocycles. The number of hydrogen-bond acceptors (Lipinski definition) is 5. The van der Waals surface area contributed by atoms with E-state index in [4.69, 9.17) is 4.74 Å². The minimum absolute atomic E-state index is 0.0107. The smallest absolute Gasteiger partial charge is 0.228 e. The van der Waals surface area contributed by atoms with Gasteiger partial charge in [0.2, 0.25) is 5.91 Å². The fourth-order valence-corrected chi connectivity index (χ4v) is 9.08. The van der Waals surface area contributed by atoms with Crippen molar-refractivity contribution < 1.29 is 19.7 Å². The van der Waals surface area contributed by atoms with Crippen LogP contribution in [0, 0.1) is 17.3 Å². The fourth-order valence-electron chi connectivity index (χ4n) is 9.08. The number of aliphatic hydroxyl groups is 1. The van der Waals surface area contributed by atoms with Gasteiger partial charge in [-0.2, -0.15) is 0 Å². The molecule has 5 aliphatic carbocycles. The summed E-state index contributed by atoms with van der Waals surface area (Å²) >= 11 is 0. The summed E-state index contributed by atoms with van der Waals surface area (Å²) < 4.78 is 6.62. The Balaban J connectivity index is 1.20. The molecule has 0 radical (unpaired) electrons. The van der Waals surface area contributed by atoms with Crippen LogP contribution in [0.3, 0.4) is 0 Å². The van der Waals surface area contributed by atoms with Gasteiger partial charge < -0.3 is 19.8 Å². The normalized spacial score (nSPS) is 37.6. The van der Waals surface area contributed by atoms with E-state index in [0.29, 0.717) is 18.7 Å². The number of amides is 1. The Morgan fingerprint density at radius 1 is 1.16 bits per heavy atom. The van der Waals surface area contributed by atoms with Gasteiger partial charge in [-0.25, -0.2) is 0 Å². The Labute approximate surface area is 223 Å². The Morgan fingerprint density at radius 2 is 1.97 bits per heavy atom. The van der Waals surface area contributed by atoms with Crippen molar-refractivity contribution in [2.75, 3.05) is 26.7 Å². The van der Waals surface area contributed by atoms with Gasteiger partial charge >= 0.3 is 0 Å². The number of aromatic hydroxyl groups is 1. The molecule has 2 spiro atoms. The standard InChI is InChI=1S/C32H36N2O4/c1-33(15-11-20-5-3-2-4-6-20)28(36)23-18-30-12-13-32(23,37)29-31(30)14-16-34(19-21-7-8-21)25(30)17-22-9-10-24(35)27(38-29)26(22)31/h2-6,9-10,12-13,21,23,25,29,35,37H,7-8,11,14-19H2,1H3/t23-,25+,29?,30-,31+,32?/m1/s1. The van der Waals surface area contributed by atoms with Crippen LogP contribution in [0.15, 0.2) is 54.6 Å². The molecule has 38 heavy (non-hydrogen) atoms. The second kappa shape index (κ2) is 7.64. The van der Waals surface area contributed by atoms with E-state index in [1.807, 2.05) is 31.3 Å². The number of hydrogen-bond donors (Lipinski definition) is 2. The molecule has 6 atom stereocenters. The number of ether oxygens (including phenoxy) is 1. The maximum atomic E-state index is 14.1. The first kappa shape index (κ1) is 23.1. The fraction of sp³-hybridized carbons (Fsp3) is 0.531. The molecule has 6 heteroatoms. The number of carbonyl (C=O) groups is 1. The van der Waals surface area contributed by atoms with Crippen molar-refractivity contribution in [3.05, 3.63) is 71.3 Å². The summed E-state index contributed by atoms with van der Waals surface area (Å²) in [6.07, 6.45) is 9.39. The maximum absolute atomic E-state index is 14.1. The number of fused-ring (bicyclic) bond motifs is 1. The molecule has 2 saturated carbocycles. The lowest BCUT2D eigenvalue weighted by atomic mass is 9.37. The van der Waals surface area contributed by atoms with Gasteiger partial charge in [-0.3, -0.25) is 9.69 Å². The summed E-state index contributed by atoms with van der Waals surface area (Å²) in [6, 6.07) is 14.3. The van der Waals surface area contributed by atoms with Crippen LogP contribution in [0.5, 0.6) is 11.5 Å². The highest BCUT2D eigenvalue weighted by molar-refractivity contribution is 5.82. The lowest BCUT2D eigenvalue weighted by molar-refractivity contribution is -0.210. The molecule has 3 fully saturated rings. The monoisotopic (exact) mass is 512 g/mol. The number of likely N-dealkylation sites (N-methyl/N-ethyl adjacent to an activating group) is 1. The number of piperidine rings is 1. The lowest BCUT2D eigenvalue weighted by Crippen LogP contribution is -2.80. The van der Waals surface area contributed by atoms with Crippen LogP contribution in [-0.2, 0) is 23.1 Å². The van der Waals surface area contributed by atoms with Crippen molar-refractivity contribution in [3.8, 4) is 11.5 Å². The third-order valence-corrected chi connectivity index (χ3v) is 11.0. The van der Waals surface area contributed by atoms with Crippen molar-refractivity contribution in [3.63, 3.8) is 0 Å². The summed E-state index contributed by atoms with van der Waals surface area (Å²) in [4.78, 5) is 18.6. The molecule has 0 aromatic heterocycles. The number of nitrogens with zero attached hydrogens (tertiary/aromatic N) is 2. The van der Waals surface area contributed by atoms with Crippen LogP contribution in [-0.4, -0.2) is 70.3 Å².